The Balaban J connectivity index is 1.78. The molecule has 12 heavy (non-hydrogen) atoms. The summed E-state index contributed by atoms with van der Waals surface area (Å²) in [4.78, 5) is 5.06. The van der Waals surface area contributed by atoms with Crippen LogP contribution in [-0.4, -0.2) is 24.5 Å². The Morgan fingerprint density at radius 3 is 3.08 bits per heavy atom. The van der Waals surface area contributed by atoms with E-state index in [1.165, 1.54) is 19.3 Å². The van der Waals surface area contributed by atoms with Crippen LogP contribution in [0.25, 0.3) is 0 Å². The van der Waals surface area contributed by atoms with Crippen molar-refractivity contribution in [1.29, 1.82) is 0 Å². The van der Waals surface area contributed by atoms with Gasteiger partial charge in [-0.25, -0.2) is 0 Å². The van der Waals surface area contributed by atoms with Crippen molar-refractivity contribution in [3.8, 4) is 0 Å². The average Bonchev–Trinajstić information content (AvgIpc) is 2.46. The molecule has 1 atom stereocenters. The SMILES string of the molecule is C1CC2(C1)CC1CON=C1CO2. The Bertz CT molecular complexity index is 233. The molecule has 3 rings (SSSR count). The monoisotopic (exact) mass is 167 g/mol. The number of hydrogen-bond donors (Lipinski definition) is 0. The molecule has 3 nitrogen and oxygen atoms in total. The maximum Gasteiger partial charge on any atom is 0.125 e. The number of ether oxygens (including phenoxy) is 1. The molecule has 1 unspecified atom stereocenters. The van der Waals surface area contributed by atoms with Crippen molar-refractivity contribution in [2.45, 2.75) is 31.3 Å². The van der Waals surface area contributed by atoms with Crippen LogP contribution in [0.1, 0.15) is 25.7 Å². The summed E-state index contributed by atoms with van der Waals surface area (Å²) in [5.74, 6) is 0.569. The second-order valence-electron chi connectivity index (χ2n) is 4.10. The second kappa shape index (κ2) is 2.22. The third-order valence-corrected chi connectivity index (χ3v) is 3.34. The van der Waals surface area contributed by atoms with E-state index in [4.69, 9.17) is 9.57 Å². The van der Waals surface area contributed by atoms with Gasteiger partial charge < -0.3 is 9.57 Å². The third kappa shape index (κ3) is 0.829. The highest BCUT2D eigenvalue weighted by atomic mass is 16.6. The maximum atomic E-state index is 5.80. The predicted molar refractivity (Wildman–Crippen MR) is 44.0 cm³/mol. The van der Waals surface area contributed by atoms with Gasteiger partial charge in [-0.15, -0.1) is 0 Å². The van der Waals surface area contributed by atoms with Crippen molar-refractivity contribution in [1.82, 2.24) is 0 Å². The summed E-state index contributed by atoms with van der Waals surface area (Å²) in [7, 11) is 0. The molecule has 1 spiro atoms. The molecule has 1 aliphatic carbocycles. The van der Waals surface area contributed by atoms with E-state index >= 15 is 0 Å². The summed E-state index contributed by atoms with van der Waals surface area (Å²) >= 11 is 0. The third-order valence-electron chi connectivity index (χ3n) is 3.34. The summed E-state index contributed by atoms with van der Waals surface area (Å²) in [5, 5.41) is 3.97. The first-order chi connectivity index (χ1) is 5.88. The van der Waals surface area contributed by atoms with Crippen LogP contribution in [0.4, 0.5) is 0 Å². The van der Waals surface area contributed by atoms with Crippen molar-refractivity contribution in [3.63, 3.8) is 0 Å². The lowest BCUT2D eigenvalue weighted by atomic mass is 9.72. The number of hydrogen-bond acceptors (Lipinski definition) is 3. The summed E-state index contributed by atoms with van der Waals surface area (Å²) in [5.41, 5.74) is 1.37. The van der Waals surface area contributed by atoms with E-state index in [0.717, 1.165) is 18.7 Å². The van der Waals surface area contributed by atoms with E-state index in [0.29, 0.717) is 12.5 Å². The summed E-state index contributed by atoms with van der Waals surface area (Å²) < 4.78 is 5.80. The van der Waals surface area contributed by atoms with Crippen LogP contribution in [0.15, 0.2) is 5.16 Å². The molecule has 0 amide bonds. The second-order valence-corrected chi connectivity index (χ2v) is 4.10. The molecule has 0 aromatic carbocycles. The molecule has 1 saturated heterocycles. The molecule has 0 radical (unpaired) electrons. The topological polar surface area (TPSA) is 30.8 Å². The van der Waals surface area contributed by atoms with Gasteiger partial charge in [0.2, 0.25) is 0 Å². The molecule has 2 aliphatic heterocycles. The van der Waals surface area contributed by atoms with Gasteiger partial charge in [-0.3, -0.25) is 0 Å². The van der Waals surface area contributed by atoms with Crippen LogP contribution < -0.4 is 0 Å². The number of nitrogens with zero attached hydrogens (tertiary/aromatic N) is 1. The highest BCUT2D eigenvalue weighted by molar-refractivity contribution is 5.89. The normalized spacial score (nSPS) is 36.7. The maximum absolute atomic E-state index is 5.80. The first-order valence-corrected chi connectivity index (χ1v) is 4.71. The summed E-state index contributed by atoms with van der Waals surface area (Å²) in [6.45, 7) is 1.51. The van der Waals surface area contributed by atoms with Gasteiger partial charge in [0.1, 0.15) is 6.61 Å². The zero-order chi connectivity index (χ0) is 8.02. The molecular weight excluding hydrogens is 154 g/mol. The van der Waals surface area contributed by atoms with E-state index < -0.39 is 0 Å². The summed E-state index contributed by atoms with van der Waals surface area (Å²) in [6, 6.07) is 0. The fourth-order valence-electron chi connectivity index (χ4n) is 2.36. The molecule has 3 heteroatoms. The van der Waals surface area contributed by atoms with Crippen molar-refractivity contribution >= 4 is 5.71 Å². The van der Waals surface area contributed by atoms with Crippen LogP contribution in [0.5, 0.6) is 0 Å². The molecule has 2 heterocycles. The quantitative estimate of drug-likeness (QED) is 0.545. The van der Waals surface area contributed by atoms with Gasteiger partial charge in [0.15, 0.2) is 0 Å². The minimum absolute atomic E-state index is 0.234. The Kier molecular flexibility index (Phi) is 1.28. The van der Waals surface area contributed by atoms with E-state index in [9.17, 15) is 0 Å². The number of fused-ring (bicyclic) bond motifs is 1. The minimum Gasteiger partial charge on any atom is -0.395 e. The number of oxime groups is 1. The zero-order valence-electron chi connectivity index (χ0n) is 7.08. The first-order valence-electron chi connectivity index (χ1n) is 4.71. The van der Waals surface area contributed by atoms with Crippen LogP contribution >= 0.6 is 0 Å². The summed E-state index contributed by atoms with van der Waals surface area (Å²) in [6.07, 6.45) is 4.97. The molecule has 0 bridgehead atoms. The Hall–Kier alpha value is -0.570. The fourth-order valence-corrected chi connectivity index (χ4v) is 2.36. The molecule has 2 fully saturated rings. The zero-order valence-corrected chi connectivity index (χ0v) is 7.08. The van der Waals surface area contributed by atoms with Crippen LogP contribution in [0.3, 0.4) is 0 Å². The lowest BCUT2D eigenvalue weighted by Gasteiger charge is -2.45. The van der Waals surface area contributed by atoms with Gasteiger partial charge in [0, 0.05) is 5.92 Å². The fraction of sp³-hybridized carbons (Fsp3) is 0.889. The standard InChI is InChI=1S/C9H13NO2/c1-2-9(3-1)4-7-5-12-10-8(7)6-11-9/h7H,1-6H2. The van der Waals surface area contributed by atoms with Gasteiger partial charge in [-0.2, -0.15) is 0 Å². The van der Waals surface area contributed by atoms with Crippen LogP contribution in [0.2, 0.25) is 0 Å². The van der Waals surface area contributed by atoms with Gasteiger partial charge >= 0.3 is 0 Å². The van der Waals surface area contributed by atoms with Crippen molar-refractivity contribution < 1.29 is 9.57 Å². The van der Waals surface area contributed by atoms with Crippen molar-refractivity contribution in [2.24, 2.45) is 11.1 Å². The smallest absolute Gasteiger partial charge is 0.125 e. The first kappa shape index (κ1) is 6.89. The van der Waals surface area contributed by atoms with Crippen LogP contribution in [0, 0.1) is 5.92 Å². The largest absolute Gasteiger partial charge is 0.395 e. The number of rotatable bonds is 0. The van der Waals surface area contributed by atoms with E-state index in [2.05, 4.69) is 5.16 Å². The predicted octanol–water partition coefficient (Wildman–Crippen LogP) is 1.33. The van der Waals surface area contributed by atoms with E-state index in [1.807, 2.05) is 0 Å². The molecular formula is C9H13NO2. The van der Waals surface area contributed by atoms with Crippen LogP contribution in [-0.2, 0) is 9.57 Å². The molecule has 0 aromatic rings. The van der Waals surface area contributed by atoms with Gasteiger partial charge in [0.25, 0.3) is 0 Å². The van der Waals surface area contributed by atoms with Gasteiger partial charge in [-0.05, 0) is 25.7 Å². The lowest BCUT2D eigenvalue weighted by molar-refractivity contribution is -0.108. The Morgan fingerprint density at radius 1 is 1.42 bits per heavy atom. The Morgan fingerprint density at radius 2 is 2.33 bits per heavy atom. The van der Waals surface area contributed by atoms with E-state index in [-0.39, 0.29) is 5.60 Å². The van der Waals surface area contributed by atoms with Gasteiger partial charge in [-0.1, -0.05) is 5.16 Å². The van der Waals surface area contributed by atoms with Crippen molar-refractivity contribution in [2.75, 3.05) is 13.2 Å². The van der Waals surface area contributed by atoms with Gasteiger partial charge in [0.05, 0.1) is 17.9 Å². The molecule has 0 aromatic heterocycles. The highest BCUT2D eigenvalue weighted by Gasteiger charge is 2.46. The Labute approximate surface area is 71.7 Å². The minimum atomic E-state index is 0.234. The molecule has 3 aliphatic rings. The molecule has 1 saturated carbocycles. The molecule has 66 valence electrons. The highest BCUT2D eigenvalue weighted by Crippen LogP contribution is 2.44. The van der Waals surface area contributed by atoms with E-state index in [1.54, 1.807) is 0 Å². The lowest BCUT2D eigenvalue weighted by Crippen LogP contribution is -2.48. The average molecular weight is 167 g/mol. The molecule has 0 N–H and O–H groups in total. The van der Waals surface area contributed by atoms with Crippen molar-refractivity contribution in [3.05, 3.63) is 0 Å².